The summed E-state index contributed by atoms with van der Waals surface area (Å²) in [6.07, 6.45) is 5.87. The van der Waals surface area contributed by atoms with Crippen LogP contribution in [0.1, 0.15) is 74.4 Å². The minimum atomic E-state index is -0.685. The average molecular weight is 689 g/mol. The van der Waals surface area contributed by atoms with Crippen LogP contribution in [0.15, 0.2) is 60.9 Å². The van der Waals surface area contributed by atoms with Crippen molar-refractivity contribution in [3.8, 4) is 34.4 Å². The number of likely N-dealkylation sites (tertiary alicyclic amines) is 2. The molecule has 13 nitrogen and oxygen atoms in total. The molecule has 4 aliphatic heterocycles. The van der Waals surface area contributed by atoms with Gasteiger partial charge in [0, 0.05) is 24.2 Å². The van der Waals surface area contributed by atoms with Crippen molar-refractivity contribution in [2.75, 3.05) is 19.8 Å². The molecule has 0 aliphatic carbocycles. The van der Waals surface area contributed by atoms with E-state index in [1.807, 2.05) is 66.6 Å². The summed E-state index contributed by atoms with van der Waals surface area (Å²) in [5.41, 5.74) is 5.49. The normalized spacial score (nSPS) is 25.8. The molecule has 6 heterocycles. The van der Waals surface area contributed by atoms with Crippen LogP contribution < -0.4 is 10.6 Å². The number of nitrogens with zero attached hydrogens (tertiary/aromatic N) is 4. The van der Waals surface area contributed by atoms with Gasteiger partial charge in [-0.25, -0.2) is 14.8 Å². The van der Waals surface area contributed by atoms with E-state index in [0.717, 1.165) is 71.0 Å². The number of amides is 3. The Balaban J connectivity index is 0.893. The lowest BCUT2D eigenvalue weighted by Crippen LogP contribution is -2.47. The van der Waals surface area contributed by atoms with Gasteiger partial charge < -0.3 is 34.6 Å². The summed E-state index contributed by atoms with van der Waals surface area (Å²) in [4.78, 5) is 58.0. The lowest BCUT2D eigenvalue weighted by molar-refractivity contribution is -0.136. The molecular formula is C38H40N8O5. The maximum atomic E-state index is 13.2. The van der Waals surface area contributed by atoms with Gasteiger partial charge in [0.2, 0.25) is 11.8 Å². The Morgan fingerprint density at radius 2 is 1.25 bits per heavy atom. The van der Waals surface area contributed by atoms with E-state index in [4.69, 9.17) is 9.47 Å². The summed E-state index contributed by atoms with van der Waals surface area (Å²) in [6, 6.07) is 14.7. The second-order valence-corrected chi connectivity index (χ2v) is 13.6. The Morgan fingerprint density at radius 1 is 0.745 bits per heavy atom. The highest BCUT2D eigenvalue weighted by Gasteiger charge is 2.43. The van der Waals surface area contributed by atoms with Gasteiger partial charge in [0.15, 0.2) is 0 Å². The molecule has 3 amide bonds. The summed E-state index contributed by atoms with van der Waals surface area (Å²) >= 11 is 0. The number of carbonyl (C=O) groups excluding carboxylic acids is 3. The van der Waals surface area contributed by atoms with Gasteiger partial charge in [-0.15, -0.1) is 0 Å². The molecule has 2 aromatic carbocycles. The van der Waals surface area contributed by atoms with Crippen molar-refractivity contribution in [1.82, 2.24) is 40.4 Å². The number of H-pyrrole nitrogens is 2. The average Bonchev–Trinajstić information content (AvgIpc) is 3.99. The molecule has 4 aromatic rings. The van der Waals surface area contributed by atoms with Crippen molar-refractivity contribution in [3.63, 3.8) is 0 Å². The number of rotatable bonds is 6. The SMILES string of the molecule is CC1OCNC1C(=O)N1CCCC1c1ncc(-c2ccc(C#Cc3ccc(-c4cnc(C5CCCN5C(=O)C5NC(=O)OC5C)[nH]4)cc3)cc2)[nH]1. The predicted molar refractivity (Wildman–Crippen MR) is 187 cm³/mol. The maximum Gasteiger partial charge on any atom is 0.408 e. The predicted octanol–water partition coefficient (Wildman–Crippen LogP) is 4.02. The number of nitrogens with one attached hydrogen (secondary N) is 4. The molecule has 0 spiro atoms. The van der Waals surface area contributed by atoms with Crippen molar-refractivity contribution in [2.45, 2.75) is 75.9 Å². The first kappa shape index (κ1) is 32.7. The highest BCUT2D eigenvalue weighted by atomic mass is 16.6. The highest BCUT2D eigenvalue weighted by Crippen LogP contribution is 2.34. The van der Waals surface area contributed by atoms with Gasteiger partial charge in [0.25, 0.3) is 0 Å². The largest absolute Gasteiger partial charge is 0.444 e. The lowest BCUT2D eigenvalue weighted by atomic mass is 10.1. The third-order valence-corrected chi connectivity index (χ3v) is 10.3. The van der Waals surface area contributed by atoms with E-state index >= 15 is 0 Å². The highest BCUT2D eigenvalue weighted by molar-refractivity contribution is 5.89. The Kier molecular flexibility index (Phi) is 8.79. The Bertz CT molecular complexity index is 1990. The van der Waals surface area contributed by atoms with Crippen molar-refractivity contribution in [3.05, 3.63) is 83.7 Å². The smallest absolute Gasteiger partial charge is 0.408 e. The van der Waals surface area contributed by atoms with Gasteiger partial charge in [0.05, 0.1) is 48.7 Å². The summed E-state index contributed by atoms with van der Waals surface area (Å²) in [6.45, 7) is 5.37. The van der Waals surface area contributed by atoms with Crippen LogP contribution in [-0.4, -0.2) is 91.8 Å². The molecule has 0 radical (unpaired) electrons. The minimum absolute atomic E-state index is 0.0677. The topological polar surface area (TPSA) is 158 Å². The van der Waals surface area contributed by atoms with E-state index in [9.17, 15) is 14.4 Å². The first-order chi connectivity index (χ1) is 24.8. The lowest BCUT2D eigenvalue weighted by Gasteiger charge is -2.27. The Hall–Kier alpha value is -5.45. The van der Waals surface area contributed by atoms with Gasteiger partial charge in [-0.2, -0.15) is 0 Å². The molecular weight excluding hydrogens is 648 g/mol. The van der Waals surface area contributed by atoms with E-state index in [1.165, 1.54) is 0 Å². The van der Waals surface area contributed by atoms with Crippen molar-refractivity contribution in [2.24, 2.45) is 0 Å². The van der Waals surface area contributed by atoms with E-state index in [2.05, 4.69) is 42.4 Å². The van der Waals surface area contributed by atoms with Gasteiger partial charge in [-0.3, -0.25) is 14.9 Å². The van der Waals surface area contributed by atoms with Crippen LogP contribution >= 0.6 is 0 Å². The van der Waals surface area contributed by atoms with Gasteiger partial charge in [-0.1, -0.05) is 36.1 Å². The second kappa shape index (κ2) is 13.7. The zero-order valence-electron chi connectivity index (χ0n) is 28.5. The Labute approximate surface area is 295 Å². The molecule has 4 N–H and O–H groups in total. The molecule has 0 saturated carbocycles. The first-order valence-corrected chi connectivity index (χ1v) is 17.6. The molecule has 262 valence electrons. The number of hydrogen-bond donors (Lipinski definition) is 4. The van der Waals surface area contributed by atoms with Crippen LogP contribution in [0.4, 0.5) is 4.79 Å². The number of cyclic esters (lactones) is 1. The molecule has 6 unspecified atom stereocenters. The summed E-state index contributed by atoms with van der Waals surface area (Å²) < 4.78 is 10.7. The molecule has 6 atom stereocenters. The zero-order valence-corrected chi connectivity index (χ0v) is 28.5. The van der Waals surface area contributed by atoms with Crippen LogP contribution in [0, 0.1) is 11.8 Å². The van der Waals surface area contributed by atoms with Gasteiger partial charge >= 0.3 is 6.09 Å². The maximum absolute atomic E-state index is 13.2. The number of aromatic amines is 2. The number of benzene rings is 2. The molecule has 0 bridgehead atoms. The summed E-state index contributed by atoms with van der Waals surface area (Å²) in [7, 11) is 0. The zero-order chi connectivity index (χ0) is 35.1. The van der Waals surface area contributed by atoms with Crippen molar-refractivity contribution in [1.29, 1.82) is 0 Å². The molecule has 4 aliphatic rings. The molecule has 8 rings (SSSR count). The van der Waals surface area contributed by atoms with Gasteiger partial charge in [0.1, 0.15) is 29.8 Å². The number of imidazole rings is 2. The standard InChI is InChI=1S/C38H40N8O5/c1-22-32(41-21-50-22)36(47)45-17-3-5-30(45)34-39-19-28(42-34)26-13-9-24(10-14-26)7-8-25-11-15-27(16-12-25)29-20-40-35(43-29)31-6-4-18-46(31)37(48)33-23(2)51-38(49)44-33/h9-16,19-20,22-23,30-33,41H,3-6,17-18,21H2,1-2H3,(H,39,42)(H,40,43)(H,44,49). The second-order valence-electron chi connectivity index (χ2n) is 13.6. The minimum Gasteiger partial charge on any atom is -0.444 e. The van der Waals surface area contributed by atoms with Crippen LogP contribution in [0.25, 0.3) is 22.5 Å². The van der Waals surface area contributed by atoms with E-state index in [0.29, 0.717) is 19.8 Å². The number of hydrogen-bond acceptors (Lipinski definition) is 8. The molecule has 13 heteroatoms. The fourth-order valence-corrected chi connectivity index (χ4v) is 7.50. The van der Waals surface area contributed by atoms with Gasteiger partial charge in [-0.05, 0) is 74.9 Å². The van der Waals surface area contributed by atoms with Crippen LogP contribution in [-0.2, 0) is 19.1 Å². The fraction of sp³-hybridized carbons (Fsp3) is 0.395. The quantitative estimate of drug-likeness (QED) is 0.221. The number of alkyl carbamates (subject to hydrolysis) is 1. The third-order valence-electron chi connectivity index (χ3n) is 10.3. The van der Waals surface area contributed by atoms with Crippen LogP contribution in [0.3, 0.4) is 0 Å². The third kappa shape index (κ3) is 6.48. The van der Waals surface area contributed by atoms with E-state index in [1.54, 1.807) is 18.0 Å². The monoisotopic (exact) mass is 688 g/mol. The van der Waals surface area contributed by atoms with Crippen LogP contribution in [0.5, 0.6) is 0 Å². The summed E-state index contributed by atoms with van der Waals surface area (Å²) in [5.74, 6) is 7.96. The van der Waals surface area contributed by atoms with E-state index in [-0.39, 0.29) is 36.0 Å². The first-order valence-electron chi connectivity index (χ1n) is 17.6. The van der Waals surface area contributed by atoms with Crippen molar-refractivity contribution >= 4 is 17.9 Å². The molecule has 51 heavy (non-hydrogen) atoms. The Morgan fingerprint density at radius 3 is 1.71 bits per heavy atom. The number of carbonyl (C=O) groups is 3. The van der Waals surface area contributed by atoms with Crippen molar-refractivity contribution < 1.29 is 23.9 Å². The summed E-state index contributed by atoms with van der Waals surface area (Å²) in [5, 5.41) is 5.79. The molecule has 4 fully saturated rings. The van der Waals surface area contributed by atoms with Crippen LogP contribution in [0.2, 0.25) is 0 Å². The number of ether oxygens (including phenoxy) is 2. The molecule has 2 aromatic heterocycles. The number of aromatic nitrogens is 4. The molecule has 4 saturated heterocycles. The van der Waals surface area contributed by atoms with E-state index < -0.39 is 18.2 Å². The fourth-order valence-electron chi connectivity index (χ4n) is 7.50.